The minimum atomic E-state index is 0.149. The van der Waals surface area contributed by atoms with Crippen molar-refractivity contribution >= 4 is 34.4 Å². The lowest BCUT2D eigenvalue weighted by Gasteiger charge is -1.99. The topological polar surface area (TPSA) is 40.5 Å². The molecule has 0 fully saturated rings. The molecule has 0 aliphatic rings. The number of hydrogen-bond acceptors (Lipinski definition) is 3. The summed E-state index contributed by atoms with van der Waals surface area (Å²) < 4.78 is 1.03. The molecule has 1 aromatic heterocycles. The first-order valence-corrected chi connectivity index (χ1v) is 4.37. The number of thiophene rings is 1. The van der Waals surface area contributed by atoms with Gasteiger partial charge in [0.05, 0.1) is 0 Å². The molecule has 4 heteroatoms. The zero-order valence-electron chi connectivity index (χ0n) is 6.19. The fourth-order valence-electron chi connectivity index (χ4n) is 1.15. The molecule has 2 rings (SSSR count). The summed E-state index contributed by atoms with van der Waals surface area (Å²) in [6, 6.07) is 5.40. The van der Waals surface area contributed by atoms with E-state index < -0.39 is 0 Å². The van der Waals surface area contributed by atoms with Gasteiger partial charge < -0.3 is 10.1 Å². The SMILES string of the molecule is O[B]c1ccc2sccc2c1O. The van der Waals surface area contributed by atoms with E-state index in [1.54, 1.807) is 17.4 Å². The molecule has 2 nitrogen and oxygen atoms in total. The van der Waals surface area contributed by atoms with Crippen LogP contribution in [0.1, 0.15) is 0 Å². The van der Waals surface area contributed by atoms with Crippen molar-refractivity contribution in [2.75, 3.05) is 0 Å². The highest BCUT2D eigenvalue weighted by Gasteiger charge is 2.06. The smallest absolute Gasteiger partial charge is 0.330 e. The summed E-state index contributed by atoms with van der Waals surface area (Å²) in [5.41, 5.74) is 0.459. The number of phenols is 1. The molecule has 0 spiro atoms. The van der Waals surface area contributed by atoms with Gasteiger partial charge in [-0.05, 0) is 23.0 Å². The second-order valence-electron chi connectivity index (χ2n) is 2.46. The molecule has 0 saturated carbocycles. The predicted molar refractivity (Wildman–Crippen MR) is 51.1 cm³/mol. The molecular weight excluding hydrogens is 171 g/mol. The lowest BCUT2D eigenvalue weighted by molar-refractivity contribution is 0.484. The van der Waals surface area contributed by atoms with Gasteiger partial charge in [-0.3, -0.25) is 0 Å². The molecule has 0 amide bonds. The van der Waals surface area contributed by atoms with Crippen molar-refractivity contribution < 1.29 is 10.1 Å². The van der Waals surface area contributed by atoms with Crippen LogP contribution in [0.2, 0.25) is 0 Å². The first kappa shape index (κ1) is 7.64. The van der Waals surface area contributed by atoms with Gasteiger partial charge >= 0.3 is 7.48 Å². The lowest BCUT2D eigenvalue weighted by atomic mass is 9.87. The zero-order chi connectivity index (χ0) is 8.55. The Bertz CT molecular complexity index is 410. The van der Waals surface area contributed by atoms with E-state index in [2.05, 4.69) is 0 Å². The lowest BCUT2D eigenvalue weighted by Crippen LogP contribution is -2.13. The fourth-order valence-corrected chi connectivity index (χ4v) is 1.94. The minimum absolute atomic E-state index is 0.149. The number of benzene rings is 1. The average molecular weight is 177 g/mol. The Kier molecular flexibility index (Phi) is 1.79. The molecule has 1 heterocycles. The van der Waals surface area contributed by atoms with Crippen LogP contribution in [-0.2, 0) is 0 Å². The largest absolute Gasteiger partial charge is 0.508 e. The highest BCUT2D eigenvalue weighted by Crippen LogP contribution is 2.26. The summed E-state index contributed by atoms with van der Waals surface area (Å²) in [5.74, 6) is 0.149. The Balaban J connectivity index is 2.78. The van der Waals surface area contributed by atoms with E-state index >= 15 is 0 Å². The Labute approximate surface area is 74.4 Å². The van der Waals surface area contributed by atoms with E-state index in [1.165, 1.54) is 0 Å². The molecule has 2 N–H and O–H groups in total. The van der Waals surface area contributed by atoms with Crippen molar-refractivity contribution in [3.05, 3.63) is 23.6 Å². The summed E-state index contributed by atoms with van der Waals surface area (Å²) >= 11 is 1.57. The number of phenolic OH excluding ortho intramolecular Hbond substituents is 1. The molecule has 12 heavy (non-hydrogen) atoms. The number of hydrogen-bond donors (Lipinski definition) is 2. The zero-order valence-corrected chi connectivity index (χ0v) is 7.01. The molecule has 0 bridgehead atoms. The summed E-state index contributed by atoms with van der Waals surface area (Å²) in [4.78, 5) is 0. The predicted octanol–water partition coefficient (Wildman–Crippen LogP) is 0.844. The maximum Gasteiger partial charge on any atom is 0.330 e. The third-order valence-corrected chi connectivity index (χ3v) is 2.66. The number of fused-ring (bicyclic) bond motifs is 1. The standard InChI is InChI=1S/C8H6BO2S/c10-8-5-3-4-12-7(5)2-1-6(8)9-11/h1-4,10-11H. The molecule has 0 aliphatic carbocycles. The molecule has 0 unspecified atom stereocenters. The Hall–Kier alpha value is -0.995. The Morgan fingerprint density at radius 2 is 2.08 bits per heavy atom. The Morgan fingerprint density at radius 3 is 2.83 bits per heavy atom. The highest BCUT2D eigenvalue weighted by molar-refractivity contribution is 7.17. The summed E-state index contributed by atoms with van der Waals surface area (Å²) in [7, 11) is 0.909. The van der Waals surface area contributed by atoms with Gasteiger partial charge in [0.15, 0.2) is 0 Å². The van der Waals surface area contributed by atoms with Gasteiger partial charge in [0.2, 0.25) is 0 Å². The van der Waals surface area contributed by atoms with Crippen LogP contribution in [0.4, 0.5) is 0 Å². The molecule has 59 valence electrons. The van der Waals surface area contributed by atoms with E-state index in [4.69, 9.17) is 5.02 Å². The summed E-state index contributed by atoms with van der Waals surface area (Å²) in [6.45, 7) is 0. The normalized spacial score (nSPS) is 10.4. The van der Waals surface area contributed by atoms with Gasteiger partial charge in [-0.2, -0.15) is 0 Å². The molecule has 0 saturated heterocycles. The van der Waals surface area contributed by atoms with E-state index in [1.807, 2.05) is 17.5 Å². The van der Waals surface area contributed by atoms with E-state index in [-0.39, 0.29) is 5.75 Å². The fraction of sp³-hybridized carbons (Fsp3) is 0. The van der Waals surface area contributed by atoms with Crippen LogP contribution in [0.5, 0.6) is 5.75 Å². The van der Waals surface area contributed by atoms with Crippen molar-refractivity contribution in [2.24, 2.45) is 0 Å². The third-order valence-electron chi connectivity index (χ3n) is 1.78. The van der Waals surface area contributed by atoms with Crippen molar-refractivity contribution in [1.29, 1.82) is 0 Å². The van der Waals surface area contributed by atoms with Gasteiger partial charge in [0.25, 0.3) is 0 Å². The monoisotopic (exact) mass is 177 g/mol. The van der Waals surface area contributed by atoms with Crippen LogP contribution < -0.4 is 5.46 Å². The van der Waals surface area contributed by atoms with E-state index in [0.717, 1.165) is 17.6 Å². The Morgan fingerprint density at radius 1 is 1.25 bits per heavy atom. The first-order valence-electron chi connectivity index (χ1n) is 3.49. The second-order valence-corrected chi connectivity index (χ2v) is 3.41. The number of rotatable bonds is 1. The average Bonchev–Trinajstić information content (AvgIpc) is 2.53. The number of aromatic hydroxyl groups is 1. The van der Waals surface area contributed by atoms with Gasteiger partial charge in [0.1, 0.15) is 5.75 Å². The van der Waals surface area contributed by atoms with Gasteiger partial charge in [0, 0.05) is 10.1 Å². The molecular formula is C8H6BO2S. The third kappa shape index (κ3) is 1.00. The van der Waals surface area contributed by atoms with Crippen LogP contribution in [0.3, 0.4) is 0 Å². The van der Waals surface area contributed by atoms with Crippen molar-refractivity contribution in [3.63, 3.8) is 0 Å². The van der Waals surface area contributed by atoms with E-state index in [0.29, 0.717) is 5.46 Å². The maximum absolute atomic E-state index is 9.55. The second kappa shape index (κ2) is 2.81. The van der Waals surface area contributed by atoms with Crippen molar-refractivity contribution in [3.8, 4) is 5.75 Å². The highest BCUT2D eigenvalue weighted by atomic mass is 32.1. The summed E-state index contributed by atoms with van der Waals surface area (Å²) in [5, 5.41) is 21.0. The van der Waals surface area contributed by atoms with Crippen LogP contribution in [-0.4, -0.2) is 17.6 Å². The van der Waals surface area contributed by atoms with Crippen molar-refractivity contribution in [2.45, 2.75) is 0 Å². The van der Waals surface area contributed by atoms with Crippen LogP contribution in [0.25, 0.3) is 10.1 Å². The van der Waals surface area contributed by atoms with Gasteiger partial charge in [-0.1, -0.05) is 6.07 Å². The van der Waals surface area contributed by atoms with Crippen LogP contribution in [0, 0.1) is 0 Å². The molecule has 0 aliphatic heterocycles. The molecule has 0 atom stereocenters. The summed E-state index contributed by atoms with van der Waals surface area (Å²) in [6.07, 6.45) is 0. The molecule has 2 aromatic rings. The van der Waals surface area contributed by atoms with E-state index in [9.17, 15) is 5.11 Å². The van der Waals surface area contributed by atoms with Crippen molar-refractivity contribution in [1.82, 2.24) is 0 Å². The molecule has 1 radical (unpaired) electrons. The first-order chi connectivity index (χ1) is 5.83. The quantitative estimate of drug-likeness (QED) is 0.633. The van der Waals surface area contributed by atoms with Gasteiger partial charge in [-0.25, -0.2) is 0 Å². The van der Waals surface area contributed by atoms with Crippen LogP contribution in [0.15, 0.2) is 23.6 Å². The van der Waals surface area contributed by atoms with Crippen LogP contribution >= 0.6 is 11.3 Å². The molecule has 1 aromatic carbocycles. The maximum atomic E-state index is 9.55. The van der Waals surface area contributed by atoms with Gasteiger partial charge in [-0.15, -0.1) is 11.3 Å². The minimum Gasteiger partial charge on any atom is -0.508 e.